The quantitative estimate of drug-likeness (QED) is 0.295. The van der Waals surface area contributed by atoms with Crippen molar-refractivity contribution in [3.63, 3.8) is 0 Å². The van der Waals surface area contributed by atoms with E-state index in [2.05, 4.69) is 22.2 Å². The first kappa shape index (κ1) is 21.7. The first-order chi connectivity index (χ1) is 17.0. The smallest absolute Gasteiger partial charge is 0.181 e. The number of hydrogen-bond donors (Lipinski definition) is 2. The lowest BCUT2D eigenvalue weighted by atomic mass is 10.1. The molecule has 0 bridgehead atoms. The maximum absolute atomic E-state index is 14.3. The fraction of sp³-hybridized carbons (Fsp3) is 0.185. The second-order valence-corrected chi connectivity index (χ2v) is 9.43. The number of aryl methyl sites for hydroxylation is 1. The molecule has 6 nitrogen and oxygen atoms in total. The number of benzene rings is 2. The predicted octanol–water partition coefficient (Wildman–Crippen LogP) is 6.02. The SMILES string of the molecule is C=C(NC1CC1)c1ccc(-c2cnc3c(NCc4ccn(C)c4)nc4ccc(F)cc4n23)cc1Cl. The van der Waals surface area contributed by atoms with Crippen molar-refractivity contribution in [3.8, 4) is 11.3 Å². The molecule has 1 aliphatic carbocycles. The molecule has 1 aliphatic rings. The molecule has 3 heterocycles. The largest absolute Gasteiger partial charge is 0.382 e. The Labute approximate surface area is 207 Å². The van der Waals surface area contributed by atoms with E-state index in [1.165, 1.54) is 12.1 Å². The van der Waals surface area contributed by atoms with Gasteiger partial charge in [-0.15, -0.1) is 0 Å². The molecule has 0 atom stereocenters. The Morgan fingerprint density at radius 1 is 1.20 bits per heavy atom. The van der Waals surface area contributed by atoms with E-state index in [9.17, 15) is 4.39 Å². The fourth-order valence-corrected chi connectivity index (χ4v) is 4.64. The van der Waals surface area contributed by atoms with E-state index in [1.54, 1.807) is 12.3 Å². The molecule has 176 valence electrons. The van der Waals surface area contributed by atoms with Crippen molar-refractivity contribution in [1.82, 2.24) is 24.3 Å². The third kappa shape index (κ3) is 4.12. The average Bonchev–Trinajstić information content (AvgIpc) is 3.36. The van der Waals surface area contributed by atoms with Crippen LogP contribution in [0.4, 0.5) is 10.2 Å². The van der Waals surface area contributed by atoms with Crippen molar-refractivity contribution in [2.24, 2.45) is 7.05 Å². The maximum Gasteiger partial charge on any atom is 0.181 e. The van der Waals surface area contributed by atoms with E-state index in [4.69, 9.17) is 16.6 Å². The van der Waals surface area contributed by atoms with Gasteiger partial charge in [0.25, 0.3) is 0 Å². The minimum absolute atomic E-state index is 0.332. The van der Waals surface area contributed by atoms with E-state index in [1.807, 2.05) is 52.7 Å². The van der Waals surface area contributed by atoms with Crippen molar-refractivity contribution in [3.05, 3.63) is 89.6 Å². The van der Waals surface area contributed by atoms with E-state index in [0.29, 0.717) is 40.1 Å². The van der Waals surface area contributed by atoms with Gasteiger partial charge in [-0.3, -0.25) is 4.40 Å². The van der Waals surface area contributed by atoms with E-state index in [0.717, 1.165) is 40.9 Å². The van der Waals surface area contributed by atoms with Crippen LogP contribution in [0.3, 0.4) is 0 Å². The molecule has 8 heteroatoms. The van der Waals surface area contributed by atoms with Crippen LogP contribution in [0, 0.1) is 5.82 Å². The molecule has 3 aromatic heterocycles. The number of imidazole rings is 1. The van der Waals surface area contributed by atoms with E-state index >= 15 is 0 Å². The number of nitrogens with one attached hydrogen (secondary N) is 2. The molecule has 0 spiro atoms. The Morgan fingerprint density at radius 2 is 2.06 bits per heavy atom. The van der Waals surface area contributed by atoms with Crippen molar-refractivity contribution in [1.29, 1.82) is 0 Å². The molecule has 2 aromatic carbocycles. The molecule has 35 heavy (non-hydrogen) atoms. The summed E-state index contributed by atoms with van der Waals surface area (Å²) in [7, 11) is 1.99. The third-order valence-electron chi connectivity index (χ3n) is 6.28. The Bertz CT molecular complexity index is 1600. The lowest BCUT2D eigenvalue weighted by Gasteiger charge is -2.13. The van der Waals surface area contributed by atoms with Gasteiger partial charge < -0.3 is 15.2 Å². The van der Waals surface area contributed by atoms with Crippen LogP contribution in [0.5, 0.6) is 0 Å². The van der Waals surface area contributed by atoms with Gasteiger partial charge in [0.2, 0.25) is 0 Å². The van der Waals surface area contributed by atoms with Crippen molar-refractivity contribution in [2.75, 3.05) is 5.32 Å². The standard InChI is InChI=1S/C27H24ClFN6/c1-16(32-20-5-6-20)21-7-3-18(11-22(21)28)25-14-31-27-26(30-13-17-9-10-34(2)15-17)33-23-8-4-19(29)12-24(23)35(25)27/h3-4,7-12,14-15,20,32H,1,5-6,13H2,2H3,(H,30,33). The van der Waals surface area contributed by atoms with Gasteiger partial charge in [-0.1, -0.05) is 30.3 Å². The third-order valence-corrected chi connectivity index (χ3v) is 6.60. The Balaban J connectivity index is 1.44. The number of aromatic nitrogens is 4. The average molecular weight is 487 g/mol. The van der Waals surface area contributed by atoms with Crippen molar-refractivity contribution in [2.45, 2.75) is 25.4 Å². The zero-order chi connectivity index (χ0) is 24.1. The highest BCUT2D eigenvalue weighted by Crippen LogP contribution is 2.33. The highest BCUT2D eigenvalue weighted by atomic mass is 35.5. The summed E-state index contributed by atoms with van der Waals surface area (Å²) in [6.07, 6.45) is 8.15. The van der Waals surface area contributed by atoms with Crippen LogP contribution in [-0.2, 0) is 13.6 Å². The highest BCUT2D eigenvalue weighted by molar-refractivity contribution is 6.32. The van der Waals surface area contributed by atoms with E-state index < -0.39 is 0 Å². The van der Waals surface area contributed by atoms with Crippen molar-refractivity contribution < 1.29 is 4.39 Å². The summed E-state index contributed by atoms with van der Waals surface area (Å²) in [6, 6.07) is 13.0. The normalized spacial score (nSPS) is 13.5. The zero-order valence-corrected chi connectivity index (χ0v) is 20.0. The molecule has 6 rings (SSSR count). The van der Waals surface area contributed by atoms with Gasteiger partial charge in [-0.05, 0) is 42.7 Å². The van der Waals surface area contributed by atoms with Crippen LogP contribution in [0.1, 0.15) is 24.0 Å². The van der Waals surface area contributed by atoms with Gasteiger partial charge in [-0.25, -0.2) is 14.4 Å². The number of fused-ring (bicyclic) bond motifs is 3. The van der Waals surface area contributed by atoms with Gasteiger partial charge in [0.15, 0.2) is 11.5 Å². The lowest BCUT2D eigenvalue weighted by Crippen LogP contribution is -2.13. The lowest BCUT2D eigenvalue weighted by molar-refractivity contribution is 0.629. The number of hydrogen-bond acceptors (Lipinski definition) is 4. The van der Waals surface area contributed by atoms with Crippen LogP contribution < -0.4 is 10.6 Å². The topological polar surface area (TPSA) is 59.2 Å². The summed E-state index contributed by atoms with van der Waals surface area (Å²) >= 11 is 6.67. The molecular weight excluding hydrogens is 463 g/mol. The number of rotatable bonds is 7. The van der Waals surface area contributed by atoms with Crippen LogP contribution in [0.2, 0.25) is 5.02 Å². The number of anilines is 1. The molecule has 0 saturated heterocycles. The first-order valence-corrected chi connectivity index (χ1v) is 11.9. The number of halogens is 2. The Kier molecular flexibility index (Phi) is 5.22. The van der Waals surface area contributed by atoms with Gasteiger partial charge in [0, 0.05) is 54.9 Å². The fourth-order valence-electron chi connectivity index (χ4n) is 4.35. The summed E-state index contributed by atoms with van der Waals surface area (Å²) in [5.74, 6) is 0.296. The minimum atomic E-state index is -0.332. The molecule has 2 N–H and O–H groups in total. The van der Waals surface area contributed by atoms with Gasteiger partial charge in [0.1, 0.15) is 5.82 Å². The molecule has 0 aliphatic heterocycles. The zero-order valence-electron chi connectivity index (χ0n) is 19.2. The Morgan fingerprint density at radius 3 is 2.80 bits per heavy atom. The maximum atomic E-state index is 14.3. The molecule has 1 fully saturated rings. The van der Waals surface area contributed by atoms with Crippen LogP contribution >= 0.6 is 11.6 Å². The summed E-state index contributed by atoms with van der Waals surface area (Å²) in [6.45, 7) is 4.74. The van der Waals surface area contributed by atoms with Gasteiger partial charge in [-0.2, -0.15) is 0 Å². The predicted molar refractivity (Wildman–Crippen MR) is 139 cm³/mol. The molecule has 0 unspecified atom stereocenters. The van der Waals surface area contributed by atoms with Gasteiger partial charge >= 0.3 is 0 Å². The summed E-state index contributed by atoms with van der Waals surface area (Å²) < 4.78 is 18.2. The Hall–Kier alpha value is -3.84. The van der Waals surface area contributed by atoms with E-state index in [-0.39, 0.29) is 5.82 Å². The number of nitrogens with zero attached hydrogens (tertiary/aromatic N) is 4. The summed E-state index contributed by atoms with van der Waals surface area (Å²) in [4.78, 5) is 9.41. The molecule has 5 aromatic rings. The monoisotopic (exact) mass is 486 g/mol. The second kappa shape index (κ2) is 8.43. The molecular formula is C27H24ClFN6. The van der Waals surface area contributed by atoms with Gasteiger partial charge in [0.05, 0.1) is 27.9 Å². The first-order valence-electron chi connectivity index (χ1n) is 11.5. The summed E-state index contributed by atoms with van der Waals surface area (Å²) in [5, 5.41) is 7.41. The van der Waals surface area contributed by atoms with Crippen LogP contribution in [0.25, 0.3) is 33.6 Å². The van der Waals surface area contributed by atoms with Crippen LogP contribution in [0.15, 0.2) is 67.6 Å². The molecule has 0 amide bonds. The second-order valence-electron chi connectivity index (χ2n) is 9.03. The summed E-state index contributed by atoms with van der Waals surface area (Å²) in [5.41, 5.74) is 6.42. The molecule has 0 radical (unpaired) electrons. The highest BCUT2D eigenvalue weighted by Gasteiger charge is 2.22. The van der Waals surface area contributed by atoms with Crippen molar-refractivity contribution >= 4 is 39.8 Å². The van der Waals surface area contributed by atoms with Crippen LogP contribution in [-0.4, -0.2) is 25.0 Å². The minimum Gasteiger partial charge on any atom is -0.382 e. The molecule has 1 saturated carbocycles.